The van der Waals surface area contributed by atoms with Crippen LogP contribution in [0.1, 0.15) is 10.4 Å². The summed E-state index contributed by atoms with van der Waals surface area (Å²) in [7, 11) is 5.23. The second-order valence-corrected chi connectivity index (χ2v) is 8.80. The SMILES string of the molecule is COc1cc2nc(NC(=O)c3cc(N4CCN(C)CC4)cc(Cl)c3-c3cn[nH]c3)[nH]c2cc1OC. The molecule has 1 fully saturated rings. The van der Waals surface area contributed by atoms with E-state index >= 15 is 0 Å². The maximum atomic E-state index is 13.6. The number of rotatable bonds is 6. The summed E-state index contributed by atoms with van der Waals surface area (Å²) in [5.41, 5.74) is 4.01. The molecule has 1 aliphatic heterocycles. The fourth-order valence-electron chi connectivity index (χ4n) is 4.27. The van der Waals surface area contributed by atoms with Gasteiger partial charge in [-0.05, 0) is 19.2 Å². The van der Waals surface area contributed by atoms with Crippen LogP contribution < -0.4 is 19.7 Å². The highest BCUT2D eigenvalue weighted by molar-refractivity contribution is 6.35. The number of carbonyl (C=O) groups excluding carboxylic acids is 1. The molecule has 11 heteroatoms. The lowest BCUT2D eigenvalue weighted by atomic mass is 10.00. The topological polar surface area (TPSA) is 111 Å². The van der Waals surface area contributed by atoms with E-state index in [-0.39, 0.29) is 5.91 Å². The summed E-state index contributed by atoms with van der Waals surface area (Å²) in [5.74, 6) is 1.09. The molecule has 0 aliphatic carbocycles. The van der Waals surface area contributed by atoms with Crippen LogP contribution in [-0.4, -0.2) is 78.4 Å². The van der Waals surface area contributed by atoms with Gasteiger partial charge in [-0.2, -0.15) is 5.10 Å². The van der Waals surface area contributed by atoms with Crippen LogP contribution in [0.25, 0.3) is 22.2 Å². The summed E-state index contributed by atoms with van der Waals surface area (Å²) >= 11 is 6.74. The number of nitrogens with zero attached hydrogens (tertiary/aromatic N) is 4. The van der Waals surface area contributed by atoms with Crippen LogP contribution in [0.4, 0.5) is 11.6 Å². The molecule has 0 radical (unpaired) electrons. The minimum atomic E-state index is -0.336. The largest absolute Gasteiger partial charge is 0.493 e. The minimum absolute atomic E-state index is 0.305. The molecule has 0 spiro atoms. The second-order valence-electron chi connectivity index (χ2n) is 8.39. The van der Waals surface area contributed by atoms with Crippen molar-refractivity contribution < 1.29 is 14.3 Å². The average Bonchev–Trinajstić information content (AvgIpc) is 3.52. The Morgan fingerprint density at radius 3 is 2.51 bits per heavy atom. The first-order chi connectivity index (χ1) is 17.0. The van der Waals surface area contributed by atoms with E-state index in [4.69, 9.17) is 21.1 Å². The Labute approximate surface area is 207 Å². The van der Waals surface area contributed by atoms with E-state index in [1.54, 1.807) is 38.7 Å². The number of methoxy groups -OCH3 is 2. The molecule has 0 bridgehead atoms. The van der Waals surface area contributed by atoms with Crippen molar-refractivity contribution in [2.24, 2.45) is 0 Å². The number of hydrogen-bond donors (Lipinski definition) is 3. The zero-order valence-electron chi connectivity index (χ0n) is 19.7. The Balaban J connectivity index is 1.51. The van der Waals surface area contributed by atoms with Gasteiger partial charge < -0.3 is 24.3 Å². The molecule has 0 saturated carbocycles. The van der Waals surface area contributed by atoms with Gasteiger partial charge in [-0.1, -0.05) is 11.6 Å². The zero-order chi connectivity index (χ0) is 24.5. The van der Waals surface area contributed by atoms with E-state index in [0.29, 0.717) is 44.6 Å². The second kappa shape index (κ2) is 9.47. The molecule has 1 amide bonds. The molecular weight excluding hydrogens is 470 g/mol. The number of piperazine rings is 1. The van der Waals surface area contributed by atoms with Crippen molar-refractivity contribution in [3.8, 4) is 22.6 Å². The van der Waals surface area contributed by atoms with Crippen molar-refractivity contribution in [3.05, 3.63) is 47.2 Å². The summed E-state index contributed by atoms with van der Waals surface area (Å²) in [4.78, 5) is 25.7. The van der Waals surface area contributed by atoms with Gasteiger partial charge in [0.25, 0.3) is 5.91 Å². The van der Waals surface area contributed by atoms with Crippen LogP contribution in [0.2, 0.25) is 5.02 Å². The van der Waals surface area contributed by atoms with Crippen LogP contribution in [-0.2, 0) is 0 Å². The number of aromatic nitrogens is 4. The van der Waals surface area contributed by atoms with Crippen LogP contribution in [0.3, 0.4) is 0 Å². The summed E-state index contributed by atoms with van der Waals surface area (Å²) in [6, 6.07) is 7.32. The number of nitrogens with one attached hydrogen (secondary N) is 3. The van der Waals surface area contributed by atoms with Gasteiger partial charge >= 0.3 is 0 Å². The fourth-order valence-corrected chi connectivity index (χ4v) is 4.59. The number of likely N-dealkylation sites (N-methyl/N-ethyl adjacent to an activating group) is 1. The van der Waals surface area contributed by atoms with Gasteiger partial charge in [0.1, 0.15) is 0 Å². The standard InChI is InChI=1S/C24H26ClN7O3/c1-31-4-6-32(7-5-31)15-8-16(22(17(25)9-15)14-12-26-27-13-14)23(33)30-24-28-18-10-20(34-2)21(35-3)11-19(18)29-24/h8-13H,4-7H2,1-3H3,(H,26,27)(H2,28,29,30,33). The molecule has 10 nitrogen and oxygen atoms in total. The lowest BCUT2D eigenvalue weighted by Crippen LogP contribution is -2.44. The molecule has 0 unspecified atom stereocenters. The summed E-state index contributed by atoms with van der Waals surface area (Å²) in [5, 5.41) is 10.2. The van der Waals surface area contributed by atoms with E-state index < -0.39 is 0 Å². The summed E-state index contributed by atoms with van der Waals surface area (Å²) in [6.45, 7) is 3.58. The summed E-state index contributed by atoms with van der Waals surface area (Å²) in [6.07, 6.45) is 3.36. The third-order valence-corrected chi connectivity index (χ3v) is 6.49. The first-order valence-electron chi connectivity index (χ1n) is 11.2. The molecule has 3 heterocycles. The lowest BCUT2D eigenvalue weighted by molar-refractivity contribution is 0.102. The number of anilines is 2. The Kier molecular flexibility index (Phi) is 6.23. The molecule has 2 aromatic heterocycles. The molecule has 4 aromatic rings. The molecule has 182 valence electrons. The van der Waals surface area contributed by atoms with Gasteiger partial charge in [-0.3, -0.25) is 15.2 Å². The number of halogens is 1. The van der Waals surface area contributed by atoms with Gasteiger partial charge in [-0.25, -0.2) is 4.98 Å². The highest BCUT2D eigenvalue weighted by Gasteiger charge is 2.23. The molecule has 35 heavy (non-hydrogen) atoms. The van der Waals surface area contributed by atoms with Crippen LogP contribution >= 0.6 is 11.6 Å². The van der Waals surface area contributed by atoms with Gasteiger partial charge in [0.05, 0.1) is 42.0 Å². The molecule has 1 aliphatic rings. The Bertz CT molecular complexity index is 1320. The van der Waals surface area contributed by atoms with Crippen LogP contribution in [0, 0.1) is 0 Å². The third kappa shape index (κ3) is 4.50. The minimum Gasteiger partial charge on any atom is -0.493 e. The number of H-pyrrole nitrogens is 2. The van der Waals surface area contributed by atoms with Gasteiger partial charge in [0.15, 0.2) is 11.5 Å². The molecule has 0 atom stereocenters. The molecule has 3 N–H and O–H groups in total. The predicted octanol–water partition coefficient (Wildman–Crippen LogP) is 3.63. The van der Waals surface area contributed by atoms with E-state index in [1.807, 2.05) is 12.1 Å². The number of ether oxygens (including phenoxy) is 2. The zero-order valence-corrected chi connectivity index (χ0v) is 20.4. The Morgan fingerprint density at radius 2 is 1.83 bits per heavy atom. The highest BCUT2D eigenvalue weighted by atomic mass is 35.5. The average molecular weight is 496 g/mol. The quantitative estimate of drug-likeness (QED) is 0.374. The van der Waals surface area contributed by atoms with E-state index in [1.165, 1.54) is 0 Å². The normalized spacial score (nSPS) is 14.3. The highest BCUT2D eigenvalue weighted by Crippen LogP contribution is 2.36. The van der Waals surface area contributed by atoms with Crippen molar-refractivity contribution >= 4 is 40.2 Å². The van der Waals surface area contributed by atoms with E-state index in [2.05, 4.69) is 42.3 Å². The van der Waals surface area contributed by atoms with E-state index in [0.717, 1.165) is 37.4 Å². The lowest BCUT2D eigenvalue weighted by Gasteiger charge is -2.34. The number of carbonyl (C=O) groups is 1. The Hall–Kier alpha value is -3.76. The summed E-state index contributed by atoms with van der Waals surface area (Å²) < 4.78 is 10.7. The number of imidazole rings is 1. The molecule has 2 aromatic carbocycles. The number of amides is 1. The smallest absolute Gasteiger partial charge is 0.258 e. The first-order valence-corrected chi connectivity index (χ1v) is 11.5. The molecule has 5 rings (SSSR count). The maximum absolute atomic E-state index is 13.6. The maximum Gasteiger partial charge on any atom is 0.258 e. The number of hydrogen-bond acceptors (Lipinski definition) is 7. The fraction of sp³-hybridized carbons (Fsp3) is 0.292. The van der Waals surface area contributed by atoms with E-state index in [9.17, 15) is 4.79 Å². The number of fused-ring (bicyclic) bond motifs is 1. The van der Waals surface area contributed by atoms with Gasteiger partial charge in [0.2, 0.25) is 5.95 Å². The Morgan fingerprint density at radius 1 is 1.09 bits per heavy atom. The van der Waals surface area contributed by atoms with Crippen molar-refractivity contribution in [1.29, 1.82) is 0 Å². The third-order valence-electron chi connectivity index (χ3n) is 6.19. The van der Waals surface area contributed by atoms with Crippen LogP contribution in [0.5, 0.6) is 11.5 Å². The van der Waals surface area contributed by atoms with Crippen molar-refractivity contribution in [2.75, 3.05) is 57.7 Å². The monoisotopic (exact) mass is 495 g/mol. The van der Waals surface area contributed by atoms with Gasteiger partial charge in [0, 0.05) is 61.3 Å². The number of benzene rings is 2. The first kappa shape index (κ1) is 23.0. The molecule has 1 saturated heterocycles. The predicted molar refractivity (Wildman–Crippen MR) is 136 cm³/mol. The van der Waals surface area contributed by atoms with Crippen LogP contribution in [0.15, 0.2) is 36.7 Å². The van der Waals surface area contributed by atoms with Crippen molar-refractivity contribution in [2.45, 2.75) is 0 Å². The number of aromatic amines is 2. The van der Waals surface area contributed by atoms with Gasteiger partial charge in [-0.15, -0.1) is 0 Å². The van der Waals surface area contributed by atoms with Crippen molar-refractivity contribution in [3.63, 3.8) is 0 Å². The van der Waals surface area contributed by atoms with Crippen molar-refractivity contribution in [1.82, 2.24) is 25.1 Å². The molecular formula is C24H26ClN7O3.